The van der Waals surface area contributed by atoms with E-state index in [2.05, 4.69) is 25.2 Å². The molecule has 22 heavy (non-hydrogen) atoms. The van der Waals surface area contributed by atoms with Crippen LogP contribution in [-0.2, 0) is 11.3 Å². The maximum absolute atomic E-state index is 12.5. The Labute approximate surface area is 125 Å². The van der Waals surface area contributed by atoms with E-state index in [0.29, 0.717) is 17.8 Å². The minimum absolute atomic E-state index is 0.192. The zero-order valence-electron chi connectivity index (χ0n) is 11.9. The molecule has 1 fully saturated rings. The molecule has 114 valence electrons. The molecule has 3 aromatic rings. The van der Waals surface area contributed by atoms with Gasteiger partial charge in [-0.25, -0.2) is 4.98 Å². The fourth-order valence-electron chi connectivity index (χ4n) is 2.58. The molecule has 0 aromatic carbocycles. The Morgan fingerprint density at radius 2 is 2.05 bits per heavy atom. The Bertz CT molecular complexity index is 866. The minimum atomic E-state index is -0.192. The van der Waals surface area contributed by atoms with E-state index in [1.165, 1.54) is 4.52 Å². The van der Waals surface area contributed by atoms with Crippen LogP contribution in [0, 0.1) is 0 Å². The summed E-state index contributed by atoms with van der Waals surface area (Å²) in [6.45, 7) is 4.63. The number of fused-ring (bicyclic) bond motifs is 3. The lowest BCUT2D eigenvalue weighted by Gasteiger charge is -2.26. The zero-order valence-corrected chi connectivity index (χ0v) is 11.9. The van der Waals surface area contributed by atoms with Crippen molar-refractivity contribution in [3.8, 4) is 0 Å². The Morgan fingerprint density at radius 1 is 1.18 bits per heavy atom. The van der Waals surface area contributed by atoms with Gasteiger partial charge in [-0.2, -0.15) is 9.61 Å². The molecular weight excluding hydrogens is 286 g/mol. The predicted octanol–water partition coefficient (Wildman–Crippen LogP) is -0.834. The molecule has 1 saturated heterocycles. The number of aromatic nitrogens is 6. The third-order valence-corrected chi connectivity index (χ3v) is 3.83. The molecule has 1 aliphatic rings. The van der Waals surface area contributed by atoms with Crippen LogP contribution in [-0.4, -0.2) is 67.1 Å². The van der Waals surface area contributed by atoms with Gasteiger partial charge in [-0.15, -0.1) is 10.2 Å². The summed E-state index contributed by atoms with van der Waals surface area (Å²) in [7, 11) is 0. The van der Waals surface area contributed by atoms with Crippen molar-refractivity contribution in [2.24, 2.45) is 0 Å². The lowest BCUT2D eigenvalue weighted by Crippen LogP contribution is -2.39. The molecule has 0 aliphatic carbocycles. The van der Waals surface area contributed by atoms with Crippen LogP contribution >= 0.6 is 0 Å². The third kappa shape index (κ3) is 2.24. The minimum Gasteiger partial charge on any atom is -0.379 e. The summed E-state index contributed by atoms with van der Waals surface area (Å²) in [5.74, 6) is 0. The first-order chi connectivity index (χ1) is 10.8. The summed E-state index contributed by atoms with van der Waals surface area (Å²) in [6, 6.07) is 1.72. The molecule has 1 aliphatic heterocycles. The highest BCUT2D eigenvalue weighted by molar-refractivity contribution is 5.70. The molecule has 0 radical (unpaired) electrons. The van der Waals surface area contributed by atoms with Crippen LogP contribution in [0.25, 0.3) is 16.8 Å². The van der Waals surface area contributed by atoms with Gasteiger partial charge in [0, 0.05) is 32.2 Å². The largest absolute Gasteiger partial charge is 0.379 e. The highest BCUT2D eigenvalue weighted by atomic mass is 16.5. The van der Waals surface area contributed by atoms with E-state index >= 15 is 0 Å². The molecule has 0 bridgehead atoms. The van der Waals surface area contributed by atoms with Gasteiger partial charge in [0.25, 0.3) is 5.56 Å². The molecule has 9 nitrogen and oxygen atoms in total. The summed E-state index contributed by atoms with van der Waals surface area (Å²) in [4.78, 5) is 19.1. The SMILES string of the molecule is O=c1c2nnc3ccnn3c2ncn1CCN1CCOCC1. The average molecular weight is 301 g/mol. The number of rotatable bonds is 3. The summed E-state index contributed by atoms with van der Waals surface area (Å²) in [5, 5.41) is 12.1. The van der Waals surface area contributed by atoms with E-state index in [-0.39, 0.29) is 11.1 Å². The highest BCUT2D eigenvalue weighted by Gasteiger charge is 2.13. The van der Waals surface area contributed by atoms with Crippen molar-refractivity contribution in [2.45, 2.75) is 6.54 Å². The van der Waals surface area contributed by atoms with Gasteiger partial charge in [0.05, 0.1) is 19.4 Å². The van der Waals surface area contributed by atoms with Gasteiger partial charge in [-0.1, -0.05) is 0 Å². The van der Waals surface area contributed by atoms with E-state index in [9.17, 15) is 4.79 Å². The molecule has 0 atom stereocenters. The first kappa shape index (κ1) is 13.3. The number of hydrogen-bond donors (Lipinski definition) is 0. The summed E-state index contributed by atoms with van der Waals surface area (Å²) in [5.41, 5.74) is 1.05. The lowest BCUT2D eigenvalue weighted by molar-refractivity contribution is 0.0362. The van der Waals surface area contributed by atoms with Gasteiger partial charge >= 0.3 is 0 Å². The van der Waals surface area contributed by atoms with Crippen LogP contribution in [0.1, 0.15) is 0 Å². The van der Waals surface area contributed by atoms with Crippen LogP contribution in [0.3, 0.4) is 0 Å². The normalized spacial score (nSPS) is 16.5. The second kappa shape index (κ2) is 5.43. The number of nitrogens with zero attached hydrogens (tertiary/aromatic N) is 7. The van der Waals surface area contributed by atoms with Crippen molar-refractivity contribution < 1.29 is 4.74 Å². The maximum Gasteiger partial charge on any atom is 0.283 e. The molecule has 0 saturated carbocycles. The molecule has 9 heteroatoms. The number of ether oxygens (including phenoxy) is 1. The lowest BCUT2D eigenvalue weighted by atomic mass is 10.4. The topological polar surface area (TPSA) is 90.4 Å². The Morgan fingerprint density at radius 3 is 2.91 bits per heavy atom. The van der Waals surface area contributed by atoms with Crippen molar-refractivity contribution in [3.63, 3.8) is 0 Å². The molecule has 0 N–H and O–H groups in total. The van der Waals surface area contributed by atoms with Crippen molar-refractivity contribution in [1.29, 1.82) is 0 Å². The first-order valence-corrected chi connectivity index (χ1v) is 7.18. The number of morpholine rings is 1. The Balaban J connectivity index is 1.65. The van der Waals surface area contributed by atoms with Crippen molar-refractivity contribution in [3.05, 3.63) is 28.9 Å². The van der Waals surface area contributed by atoms with Gasteiger partial charge in [0.1, 0.15) is 6.33 Å². The smallest absolute Gasteiger partial charge is 0.283 e. The van der Waals surface area contributed by atoms with E-state index in [1.807, 2.05) is 0 Å². The highest BCUT2D eigenvalue weighted by Crippen LogP contribution is 2.05. The first-order valence-electron chi connectivity index (χ1n) is 7.18. The van der Waals surface area contributed by atoms with Crippen molar-refractivity contribution in [2.75, 3.05) is 32.8 Å². The summed E-state index contributed by atoms with van der Waals surface area (Å²) >= 11 is 0. The van der Waals surface area contributed by atoms with E-state index < -0.39 is 0 Å². The van der Waals surface area contributed by atoms with Gasteiger partial charge in [-0.05, 0) is 0 Å². The molecule has 4 rings (SSSR count). The number of hydrogen-bond acceptors (Lipinski definition) is 7. The van der Waals surface area contributed by atoms with Gasteiger partial charge < -0.3 is 4.74 Å². The molecular formula is C13H15N7O2. The molecule has 4 heterocycles. The zero-order chi connectivity index (χ0) is 14.9. The third-order valence-electron chi connectivity index (χ3n) is 3.83. The molecule has 0 unspecified atom stereocenters. The quantitative estimate of drug-likeness (QED) is 0.623. The fourth-order valence-corrected chi connectivity index (χ4v) is 2.58. The standard InChI is InChI=1S/C13H15N7O2/c21-13-11-12(20-10(16-17-11)1-2-15-20)14-9-19(13)4-3-18-5-7-22-8-6-18/h1-2,9H,3-8H2. The van der Waals surface area contributed by atoms with Crippen LogP contribution < -0.4 is 5.56 Å². The van der Waals surface area contributed by atoms with Crippen LogP contribution in [0.2, 0.25) is 0 Å². The second-order valence-electron chi connectivity index (χ2n) is 5.17. The Kier molecular flexibility index (Phi) is 3.28. The predicted molar refractivity (Wildman–Crippen MR) is 77.6 cm³/mol. The molecule has 0 spiro atoms. The van der Waals surface area contributed by atoms with Gasteiger partial charge in [0.15, 0.2) is 16.8 Å². The van der Waals surface area contributed by atoms with Gasteiger partial charge in [-0.3, -0.25) is 14.3 Å². The van der Waals surface area contributed by atoms with Crippen molar-refractivity contribution >= 4 is 16.8 Å². The van der Waals surface area contributed by atoms with E-state index in [1.54, 1.807) is 23.2 Å². The second-order valence-corrected chi connectivity index (χ2v) is 5.17. The summed E-state index contributed by atoms with van der Waals surface area (Å²) < 4.78 is 8.41. The van der Waals surface area contributed by atoms with Crippen molar-refractivity contribution in [1.82, 2.24) is 34.3 Å². The Hall–Kier alpha value is -2.39. The van der Waals surface area contributed by atoms with E-state index in [4.69, 9.17) is 4.74 Å². The molecule has 0 amide bonds. The van der Waals surface area contributed by atoms with Crippen LogP contribution in [0.5, 0.6) is 0 Å². The summed E-state index contributed by atoms with van der Waals surface area (Å²) in [6.07, 6.45) is 3.16. The monoisotopic (exact) mass is 301 g/mol. The van der Waals surface area contributed by atoms with Crippen LogP contribution in [0.4, 0.5) is 0 Å². The van der Waals surface area contributed by atoms with Gasteiger partial charge in [0.2, 0.25) is 0 Å². The maximum atomic E-state index is 12.5. The fraction of sp³-hybridized carbons (Fsp3) is 0.462. The van der Waals surface area contributed by atoms with Crippen LogP contribution in [0.15, 0.2) is 23.4 Å². The van der Waals surface area contributed by atoms with E-state index in [0.717, 1.165) is 32.8 Å². The molecule has 3 aromatic heterocycles. The average Bonchev–Trinajstić information content (AvgIpc) is 3.04.